The van der Waals surface area contributed by atoms with Crippen LogP contribution in [0.3, 0.4) is 0 Å². The second-order valence-electron chi connectivity index (χ2n) is 5.89. The van der Waals surface area contributed by atoms with E-state index in [0.717, 1.165) is 31.2 Å². The third kappa shape index (κ3) is 4.35. The molecule has 2 aromatic carbocycles. The van der Waals surface area contributed by atoms with E-state index in [1.165, 1.54) is 35.4 Å². The van der Waals surface area contributed by atoms with Crippen LogP contribution >= 0.6 is 0 Å². The summed E-state index contributed by atoms with van der Waals surface area (Å²) in [6, 6.07) is 14.9. The van der Waals surface area contributed by atoms with E-state index in [1.54, 1.807) is 0 Å². The van der Waals surface area contributed by atoms with Gasteiger partial charge >= 0.3 is 5.97 Å². The number of carbonyl (C=O) groups excluding carboxylic acids is 1. The minimum atomic E-state index is -0.325. The van der Waals surface area contributed by atoms with Crippen molar-refractivity contribution in [1.29, 1.82) is 0 Å². The lowest BCUT2D eigenvalue weighted by molar-refractivity contribution is -0.134. The molecule has 0 spiro atoms. The standard InChI is InChI=1S/C22H26O2/c1-4-9-17-11-6-7-13-19(17)21-14-8-12-18(10-5-2)20(21)15-16-22(23)24-3/h6-8,11-16H,4-5,9-10H2,1-3H3/b16-15+. The normalized spacial score (nSPS) is 11.0. The van der Waals surface area contributed by atoms with Crippen LogP contribution in [-0.4, -0.2) is 13.1 Å². The average Bonchev–Trinajstić information content (AvgIpc) is 2.61. The lowest BCUT2D eigenvalue weighted by Gasteiger charge is -2.15. The van der Waals surface area contributed by atoms with Crippen LogP contribution in [-0.2, 0) is 22.4 Å². The Bertz CT molecular complexity index is 714. The van der Waals surface area contributed by atoms with Gasteiger partial charge in [0, 0.05) is 6.08 Å². The van der Waals surface area contributed by atoms with Gasteiger partial charge in [0.1, 0.15) is 0 Å². The Kier molecular flexibility index (Phi) is 6.80. The van der Waals surface area contributed by atoms with Crippen molar-refractivity contribution in [2.75, 3.05) is 7.11 Å². The number of hydrogen-bond donors (Lipinski definition) is 0. The molecule has 0 bridgehead atoms. The van der Waals surface area contributed by atoms with Gasteiger partial charge in [-0.1, -0.05) is 69.2 Å². The summed E-state index contributed by atoms with van der Waals surface area (Å²) in [5.74, 6) is -0.325. The van der Waals surface area contributed by atoms with Crippen LogP contribution in [0.2, 0.25) is 0 Å². The highest BCUT2D eigenvalue weighted by Crippen LogP contribution is 2.31. The van der Waals surface area contributed by atoms with Crippen molar-refractivity contribution in [3.05, 3.63) is 65.2 Å². The van der Waals surface area contributed by atoms with Crippen molar-refractivity contribution in [1.82, 2.24) is 0 Å². The minimum absolute atomic E-state index is 0.325. The van der Waals surface area contributed by atoms with Crippen molar-refractivity contribution in [3.63, 3.8) is 0 Å². The van der Waals surface area contributed by atoms with Gasteiger partial charge in [0.05, 0.1) is 7.11 Å². The van der Waals surface area contributed by atoms with E-state index in [2.05, 4.69) is 56.3 Å². The van der Waals surface area contributed by atoms with Gasteiger partial charge in [-0.25, -0.2) is 4.79 Å². The van der Waals surface area contributed by atoms with Gasteiger partial charge in [0.15, 0.2) is 0 Å². The van der Waals surface area contributed by atoms with Gasteiger partial charge in [-0.05, 0) is 46.7 Å². The van der Waals surface area contributed by atoms with Gasteiger partial charge in [0.2, 0.25) is 0 Å². The largest absolute Gasteiger partial charge is 0.466 e. The Hall–Kier alpha value is -2.35. The molecule has 0 amide bonds. The molecule has 0 aromatic heterocycles. The Labute approximate surface area is 145 Å². The van der Waals surface area contributed by atoms with Crippen molar-refractivity contribution in [2.24, 2.45) is 0 Å². The van der Waals surface area contributed by atoms with Gasteiger partial charge in [-0.15, -0.1) is 0 Å². The number of hydrogen-bond acceptors (Lipinski definition) is 2. The molecule has 0 heterocycles. The molecule has 126 valence electrons. The first-order chi connectivity index (χ1) is 11.7. The van der Waals surface area contributed by atoms with E-state index in [0.29, 0.717) is 0 Å². The molecule has 0 saturated carbocycles. The number of esters is 1. The number of benzene rings is 2. The minimum Gasteiger partial charge on any atom is -0.466 e. The highest BCUT2D eigenvalue weighted by atomic mass is 16.5. The quantitative estimate of drug-likeness (QED) is 0.501. The molecule has 0 aliphatic carbocycles. The zero-order chi connectivity index (χ0) is 17.4. The predicted octanol–water partition coefficient (Wildman–Crippen LogP) is 5.44. The Morgan fingerprint density at radius 3 is 2.25 bits per heavy atom. The first-order valence-corrected chi connectivity index (χ1v) is 8.67. The zero-order valence-corrected chi connectivity index (χ0v) is 14.8. The first-order valence-electron chi connectivity index (χ1n) is 8.67. The molecule has 0 atom stereocenters. The monoisotopic (exact) mass is 322 g/mol. The maximum absolute atomic E-state index is 11.6. The highest BCUT2D eigenvalue weighted by molar-refractivity contribution is 5.90. The summed E-state index contributed by atoms with van der Waals surface area (Å²) >= 11 is 0. The second-order valence-corrected chi connectivity index (χ2v) is 5.89. The van der Waals surface area contributed by atoms with Crippen LogP contribution < -0.4 is 0 Å². The Balaban J connectivity index is 2.59. The molecule has 24 heavy (non-hydrogen) atoms. The molecule has 0 aliphatic heterocycles. The summed E-state index contributed by atoms with van der Waals surface area (Å²) in [4.78, 5) is 11.6. The lowest BCUT2D eigenvalue weighted by atomic mass is 9.89. The average molecular weight is 322 g/mol. The van der Waals surface area contributed by atoms with Gasteiger partial charge in [-0.2, -0.15) is 0 Å². The zero-order valence-electron chi connectivity index (χ0n) is 14.8. The lowest BCUT2D eigenvalue weighted by Crippen LogP contribution is -1.98. The first kappa shape index (κ1) is 18.0. The maximum Gasteiger partial charge on any atom is 0.330 e. The summed E-state index contributed by atoms with van der Waals surface area (Å²) < 4.78 is 4.75. The molecule has 2 aromatic rings. The van der Waals surface area contributed by atoms with Gasteiger partial charge < -0.3 is 4.74 Å². The van der Waals surface area contributed by atoms with E-state index in [9.17, 15) is 4.79 Å². The van der Waals surface area contributed by atoms with E-state index in [1.807, 2.05) is 6.08 Å². The van der Waals surface area contributed by atoms with Crippen LogP contribution in [0.15, 0.2) is 48.5 Å². The van der Waals surface area contributed by atoms with Crippen molar-refractivity contribution >= 4 is 12.0 Å². The Morgan fingerprint density at radius 2 is 1.54 bits per heavy atom. The fraction of sp³-hybridized carbons (Fsp3) is 0.318. The number of rotatable bonds is 7. The molecule has 0 N–H and O–H groups in total. The SMILES string of the molecule is CCCc1ccccc1-c1cccc(CCC)c1/C=C/C(=O)OC. The molecule has 2 rings (SSSR count). The highest BCUT2D eigenvalue weighted by Gasteiger charge is 2.11. The molecule has 0 unspecified atom stereocenters. The van der Waals surface area contributed by atoms with Gasteiger partial charge in [-0.3, -0.25) is 0 Å². The summed E-state index contributed by atoms with van der Waals surface area (Å²) in [5, 5.41) is 0. The molecular formula is C22H26O2. The smallest absolute Gasteiger partial charge is 0.330 e. The van der Waals surface area contributed by atoms with Crippen LogP contribution in [0, 0.1) is 0 Å². The van der Waals surface area contributed by atoms with Crippen molar-refractivity contribution in [3.8, 4) is 11.1 Å². The third-order valence-electron chi connectivity index (χ3n) is 4.13. The molecule has 0 fully saturated rings. The molecule has 2 nitrogen and oxygen atoms in total. The molecular weight excluding hydrogens is 296 g/mol. The fourth-order valence-electron chi connectivity index (χ4n) is 3.02. The van der Waals surface area contributed by atoms with Gasteiger partial charge in [0.25, 0.3) is 0 Å². The summed E-state index contributed by atoms with van der Waals surface area (Å²) in [6.45, 7) is 4.37. The molecule has 0 saturated heterocycles. The fourth-order valence-corrected chi connectivity index (χ4v) is 3.02. The van der Waals surface area contributed by atoms with E-state index in [-0.39, 0.29) is 5.97 Å². The number of methoxy groups -OCH3 is 1. The van der Waals surface area contributed by atoms with E-state index >= 15 is 0 Å². The van der Waals surface area contributed by atoms with Crippen molar-refractivity contribution < 1.29 is 9.53 Å². The summed E-state index contributed by atoms with van der Waals surface area (Å²) in [7, 11) is 1.40. The van der Waals surface area contributed by atoms with Crippen LogP contribution in [0.5, 0.6) is 0 Å². The summed E-state index contributed by atoms with van der Waals surface area (Å²) in [5.41, 5.74) is 6.17. The number of carbonyl (C=O) groups is 1. The van der Waals surface area contributed by atoms with E-state index in [4.69, 9.17) is 4.74 Å². The molecule has 2 heteroatoms. The van der Waals surface area contributed by atoms with Crippen LogP contribution in [0.25, 0.3) is 17.2 Å². The molecule has 0 aliphatic rings. The van der Waals surface area contributed by atoms with Crippen molar-refractivity contribution in [2.45, 2.75) is 39.5 Å². The Morgan fingerprint density at radius 1 is 0.917 bits per heavy atom. The molecule has 0 radical (unpaired) electrons. The maximum atomic E-state index is 11.6. The number of ether oxygens (including phenoxy) is 1. The topological polar surface area (TPSA) is 26.3 Å². The van der Waals surface area contributed by atoms with Crippen LogP contribution in [0.4, 0.5) is 0 Å². The summed E-state index contributed by atoms with van der Waals surface area (Å²) in [6.07, 6.45) is 7.63. The predicted molar refractivity (Wildman–Crippen MR) is 101 cm³/mol. The van der Waals surface area contributed by atoms with Crippen LogP contribution in [0.1, 0.15) is 43.4 Å². The van der Waals surface area contributed by atoms with E-state index < -0.39 is 0 Å². The third-order valence-corrected chi connectivity index (χ3v) is 4.13. The number of aryl methyl sites for hydroxylation is 2. The second kappa shape index (κ2) is 9.07.